The summed E-state index contributed by atoms with van der Waals surface area (Å²) >= 11 is 1.49. The number of hydrogen-bond acceptors (Lipinski definition) is 7. The Bertz CT molecular complexity index is 1370. The van der Waals surface area contributed by atoms with Crippen molar-refractivity contribution in [3.05, 3.63) is 54.1 Å². The lowest BCUT2D eigenvalue weighted by Gasteiger charge is -2.33. The molecule has 168 valence electrons. The second kappa shape index (κ2) is 8.15. The molecule has 1 saturated heterocycles. The minimum atomic E-state index is -0.275. The molecule has 1 amide bonds. The number of piperidine rings is 1. The third-order valence-electron chi connectivity index (χ3n) is 6.20. The van der Waals surface area contributed by atoms with Gasteiger partial charge in [-0.15, -0.1) is 11.3 Å². The van der Waals surface area contributed by atoms with Crippen LogP contribution in [0.15, 0.2) is 42.7 Å². The van der Waals surface area contributed by atoms with E-state index in [2.05, 4.69) is 20.2 Å². The Kier molecular flexibility index (Phi) is 4.98. The number of benzene rings is 2. The van der Waals surface area contributed by atoms with E-state index < -0.39 is 0 Å². The van der Waals surface area contributed by atoms with Gasteiger partial charge in [-0.2, -0.15) is 0 Å². The average Bonchev–Trinajstić information content (AvgIpc) is 3.47. The van der Waals surface area contributed by atoms with Gasteiger partial charge in [-0.3, -0.25) is 4.79 Å². The summed E-state index contributed by atoms with van der Waals surface area (Å²) in [5.41, 5.74) is 1.59. The summed E-state index contributed by atoms with van der Waals surface area (Å²) in [7, 11) is 0. The molecule has 2 aromatic carbocycles. The van der Waals surface area contributed by atoms with Crippen molar-refractivity contribution >= 4 is 43.4 Å². The Morgan fingerprint density at radius 3 is 3.06 bits per heavy atom. The van der Waals surface area contributed by atoms with Crippen LogP contribution < -0.4 is 19.7 Å². The van der Waals surface area contributed by atoms with Gasteiger partial charge in [0, 0.05) is 24.3 Å². The van der Waals surface area contributed by atoms with Crippen molar-refractivity contribution in [2.45, 2.75) is 19.4 Å². The number of carbonyl (C=O) groups excluding carboxylic acids is 1. The summed E-state index contributed by atoms with van der Waals surface area (Å²) in [4.78, 5) is 24.0. The highest BCUT2D eigenvalue weighted by molar-refractivity contribution is 7.26. The second-order valence-corrected chi connectivity index (χ2v) is 9.33. The topological polar surface area (TPSA) is 76.6 Å². The zero-order chi connectivity index (χ0) is 22.4. The molecule has 0 saturated carbocycles. The third kappa shape index (κ3) is 3.62. The SMILES string of the molecule is O=C(NCc1ccc2c(c1)OCO2)C1CCCN(c2ncnc3c2sc2cccc(F)c23)C1. The maximum absolute atomic E-state index is 14.5. The minimum Gasteiger partial charge on any atom is -0.454 e. The molecule has 1 atom stereocenters. The number of fused-ring (bicyclic) bond motifs is 4. The van der Waals surface area contributed by atoms with Crippen LogP contribution in [-0.4, -0.2) is 35.8 Å². The highest BCUT2D eigenvalue weighted by Gasteiger charge is 2.28. The van der Waals surface area contributed by atoms with Gasteiger partial charge in [0.05, 0.1) is 21.5 Å². The van der Waals surface area contributed by atoms with Crippen molar-refractivity contribution in [2.75, 3.05) is 24.8 Å². The molecule has 0 bridgehead atoms. The van der Waals surface area contributed by atoms with Crippen molar-refractivity contribution < 1.29 is 18.7 Å². The highest BCUT2D eigenvalue weighted by atomic mass is 32.1. The van der Waals surface area contributed by atoms with Crippen molar-refractivity contribution in [2.24, 2.45) is 5.92 Å². The fourth-order valence-electron chi connectivity index (χ4n) is 4.56. The molecule has 2 aliphatic rings. The van der Waals surface area contributed by atoms with E-state index in [1.54, 1.807) is 6.07 Å². The number of aromatic nitrogens is 2. The first-order valence-corrected chi connectivity index (χ1v) is 11.7. The molecule has 4 heterocycles. The lowest BCUT2D eigenvalue weighted by molar-refractivity contribution is -0.125. The monoisotopic (exact) mass is 464 g/mol. The van der Waals surface area contributed by atoms with Gasteiger partial charge in [0.15, 0.2) is 11.5 Å². The number of ether oxygens (including phenoxy) is 2. The molecular formula is C24H21FN4O3S. The summed E-state index contributed by atoms with van der Waals surface area (Å²) in [6.45, 7) is 2.02. The standard InChI is InChI=1S/C24H21FN4O3S/c25-16-4-1-5-19-20(16)21-22(33-19)23(28-12-27-21)29-8-2-3-15(11-29)24(30)26-10-14-6-7-17-18(9-14)32-13-31-17/h1,4-7,9,12,15H,2-3,8,10-11,13H2,(H,26,30). The second-order valence-electron chi connectivity index (χ2n) is 8.28. The van der Waals surface area contributed by atoms with Gasteiger partial charge < -0.3 is 19.7 Å². The van der Waals surface area contributed by atoms with Gasteiger partial charge in [0.25, 0.3) is 0 Å². The summed E-state index contributed by atoms with van der Waals surface area (Å²) in [6.07, 6.45) is 3.19. The van der Waals surface area contributed by atoms with Gasteiger partial charge in [-0.05, 0) is 42.7 Å². The predicted molar refractivity (Wildman–Crippen MR) is 124 cm³/mol. The fourth-order valence-corrected chi connectivity index (χ4v) is 5.75. The first-order chi connectivity index (χ1) is 16.2. The minimum absolute atomic E-state index is 0.0186. The molecule has 0 radical (unpaired) electrons. The smallest absolute Gasteiger partial charge is 0.231 e. The molecular weight excluding hydrogens is 443 g/mol. The zero-order valence-corrected chi connectivity index (χ0v) is 18.5. The Balaban J connectivity index is 1.20. The molecule has 1 fully saturated rings. The Labute approximate surface area is 193 Å². The molecule has 0 aliphatic carbocycles. The van der Waals surface area contributed by atoms with Crippen LogP contribution >= 0.6 is 11.3 Å². The molecule has 2 aliphatic heterocycles. The number of anilines is 1. The lowest BCUT2D eigenvalue weighted by atomic mass is 9.97. The van der Waals surface area contributed by atoms with E-state index in [1.165, 1.54) is 23.7 Å². The van der Waals surface area contributed by atoms with Crippen LogP contribution in [0.4, 0.5) is 10.2 Å². The van der Waals surface area contributed by atoms with Crippen LogP contribution in [0, 0.1) is 11.7 Å². The molecule has 4 aromatic rings. The molecule has 1 N–H and O–H groups in total. The maximum atomic E-state index is 14.5. The summed E-state index contributed by atoms with van der Waals surface area (Å²) in [6, 6.07) is 10.8. The molecule has 1 unspecified atom stereocenters. The quantitative estimate of drug-likeness (QED) is 0.487. The number of carbonyl (C=O) groups is 1. The number of amides is 1. The van der Waals surface area contributed by atoms with E-state index in [0.29, 0.717) is 29.7 Å². The normalized spacial score (nSPS) is 17.6. The van der Waals surface area contributed by atoms with E-state index >= 15 is 0 Å². The van der Waals surface area contributed by atoms with Crippen LogP contribution in [0.3, 0.4) is 0 Å². The van der Waals surface area contributed by atoms with Crippen molar-refractivity contribution in [1.29, 1.82) is 0 Å². The van der Waals surface area contributed by atoms with E-state index in [4.69, 9.17) is 9.47 Å². The van der Waals surface area contributed by atoms with E-state index in [1.807, 2.05) is 24.3 Å². The maximum Gasteiger partial charge on any atom is 0.231 e. The molecule has 9 heteroatoms. The number of nitrogens with zero attached hydrogens (tertiary/aromatic N) is 3. The third-order valence-corrected chi connectivity index (χ3v) is 7.34. The first-order valence-electron chi connectivity index (χ1n) is 10.9. The van der Waals surface area contributed by atoms with Crippen LogP contribution in [-0.2, 0) is 11.3 Å². The summed E-state index contributed by atoms with van der Waals surface area (Å²) in [5, 5.41) is 3.59. The van der Waals surface area contributed by atoms with Crippen LogP contribution in [0.5, 0.6) is 11.5 Å². The fraction of sp³-hybridized carbons (Fsp3) is 0.292. The van der Waals surface area contributed by atoms with Crippen LogP contribution in [0.25, 0.3) is 20.3 Å². The molecule has 2 aromatic heterocycles. The first kappa shape index (κ1) is 20.2. The summed E-state index contributed by atoms with van der Waals surface area (Å²) in [5.74, 6) is 1.80. The Hall–Kier alpha value is -3.46. The molecule has 33 heavy (non-hydrogen) atoms. The van der Waals surface area contributed by atoms with Gasteiger partial charge in [-0.25, -0.2) is 14.4 Å². The predicted octanol–water partition coefficient (Wildman–Crippen LogP) is 4.25. The number of thiophene rings is 1. The largest absolute Gasteiger partial charge is 0.454 e. The van der Waals surface area contributed by atoms with E-state index in [0.717, 1.165) is 45.9 Å². The molecule has 7 nitrogen and oxygen atoms in total. The lowest BCUT2D eigenvalue weighted by Crippen LogP contribution is -2.43. The van der Waals surface area contributed by atoms with Crippen molar-refractivity contribution in [3.8, 4) is 11.5 Å². The van der Waals surface area contributed by atoms with Crippen molar-refractivity contribution in [3.63, 3.8) is 0 Å². The summed E-state index contributed by atoms with van der Waals surface area (Å²) < 4.78 is 26.9. The van der Waals surface area contributed by atoms with Gasteiger partial charge in [-0.1, -0.05) is 12.1 Å². The van der Waals surface area contributed by atoms with E-state index in [9.17, 15) is 9.18 Å². The van der Waals surface area contributed by atoms with Crippen LogP contribution in [0.1, 0.15) is 18.4 Å². The van der Waals surface area contributed by atoms with E-state index in [-0.39, 0.29) is 24.4 Å². The Morgan fingerprint density at radius 1 is 1.21 bits per heavy atom. The number of halogens is 1. The van der Waals surface area contributed by atoms with Crippen molar-refractivity contribution in [1.82, 2.24) is 15.3 Å². The van der Waals surface area contributed by atoms with Gasteiger partial charge in [0.1, 0.15) is 18.0 Å². The van der Waals surface area contributed by atoms with Gasteiger partial charge in [0.2, 0.25) is 12.7 Å². The molecule has 6 rings (SSSR count). The average molecular weight is 465 g/mol. The number of hydrogen-bond donors (Lipinski definition) is 1. The number of nitrogens with one attached hydrogen (secondary N) is 1. The molecule has 0 spiro atoms. The highest BCUT2D eigenvalue weighted by Crippen LogP contribution is 2.39. The zero-order valence-electron chi connectivity index (χ0n) is 17.7. The number of rotatable bonds is 4. The van der Waals surface area contributed by atoms with Gasteiger partial charge >= 0.3 is 0 Å². The Morgan fingerprint density at radius 2 is 2.12 bits per heavy atom. The van der Waals surface area contributed by atoms with Crippen LogP contribution in [0.2, 0.25) is 0 Å².